The summed E-state index contributed by atoms with van der Waals surface area (Å²) < 4.78 is 0. The summed E-state index contributed by atoms with van der Waals surface area (Å²) in [6.45, 7) is 3.00. The third kappa shape index (κ3) is 3.37. The first-order valence-corrected chi connectivity index (χ1v) is 8.49. The van der Waals surface area contributed by atoms with E-state index in [1.54, 1.807) is 0 Å². The van der Waals surface area contributed by atoms with Gasteiger partial charge in [0.2, 0.25) is 0 Å². The highest BCUT2D eigenvalue weighted by Gasteiger charge is 2.31. The third-order valence-corrected chi connectivity index (χ3v) is 4.31. The molecule has 0 atom stereocenters. The third-order valence-electron chi connectivity index (χ3n) is 4.31. The molecule has 1 aliphatic heterocycles. The molecule has 0 fully saturated rings. The molecule has 2 aromatic rings. The fourth-order valence-electron chi connectivity index (χ4n) is 3.07. The van der Waals surface area contributed by atoms with Crippen LogP contribution in [0.5, 0.6) is 0 Å². The molecule has 0 saturated heterocycles. The second-order valence-corrected chi connectivity index (χ2v) is 6.00. The molecule has 1 amide bonds. The highest BCUT2D eigenvalue weighted by atomic mass is 16.2. The van der Waals surface area contributed by atoms with Crippen LogP contribution in [-0.4, -0.2) is 17.4 Å². The van der Waals surface area contributed by atoms with E-state index >= 15 is 0 Å². The standard InChI is InChI=1S/C21H23NO/c1-2-3-4-10-15-22-20(16-17-11-6-5-7-12-17)18-13-8-9-14-19(18)21(22)23/h5-9,11-14,16H,2-4,10,15H2,1H3. The highest BCUT2D eigenvalue weighted by Crippen LogP contribution is 2.34. The fourth-order valence-corrected chi connectivity index (χ4v) is 3.07. The summed E-state index contributed by atoms with van der Waals surface area (Å²) in [5.41, 5.74) is 4.04. The highest BCUT2D eigenvalue weighted by molar-refractivity contribution is 6.11. The Morgan fingerprint density at radius 2 is 1.57 bits per heavy atom. The first-order valence-electron chi connectivity index (χ1n) is 8.49. The number of fused-ring (bicyclic) bond motifs is 1. The Balaban J connectivity index is 1.91. The largest absolute Gasteiger partial charge is 0.308 e. The van der Waals surface area contributed by atoms with E-state index in [1.165, 1.54) is 19.3 Å². The molecule has 0 N–H and O–H groups in total. The number of carbonyl (C=O) groups excluding carboxylic acids is 1. The molecule has 3 rings (SSSR count). The maximum absolute atomic E-state index is 12.7. The second-order valence-electron chi connectivity index (χ2n) is 6.00. The zero-order valence-corrected chi connectivity index (χ0v) is 13.7. The van der Waals surface area contributed by atoms with Crippen LogP contribution in [0.15, 0.2) is 54.6 Å². The van der Waals surface area contributed by atoms with Gasteiger partial charge in [-0.3, -0.25) is 4.79 Å². The van der Waals surface area contributed by atoms with Gasteiger partial charge in [-0.15, -0.1) is 0 Å². The first-order chi connectivity index (χ1) is 11.3. The number of benzene rings is 2. The van der Waals surface area contributed by atoms with E-state index in [-0.39, 0.29) is 5.91 Å². The second kappa shape index (κ2) is 7.28. The predicted molar refractivity (Wildman–Crippen MR) is 95.9 cm³/mol. The molecule has 0 bridgehead atoms. The Morgan fingerprint density at radius 1 is 0.870 bits per heavy atom. The van der Waals surface area contributed by atoms with Crippen molar-refractivity contribution in [3.05, 3.63) is 71.3 Å². The molecule has 0 saturated carbocycles. The predicted octanol–water partition coefficient (Wildman–Crippen LogP) is 5.22. The summed E-state index contributed by atoms with van der Waals surface area (Å²) in [5, 5.41) is 0. The van der Waals surface area contributed by atoms with Crippen LogP contribution < -0.4 is 0 Å². The Kier molecular flexibility index (Phi) is 4.92. The van der Waals surface area contributed by atoms with Gasteiger partial charge in [-0.05, 0) is 24.1 Å². The zero-order valence-electron chi connectivity index (χ0n) is 13.7. The summed E-state index contributed by atoms with van der Waals surface area (Å²) in [5.74, 6) is 0.138. The number of unbranched alkanes of at least 4 members (excludes halogenated alkanes) is 3. The number of nitrogens with zero attached hydrogens (tertiary/aromatic N) is 1. The van der Waals surface area contributed by atoms with Crippen molar-refractivity contribution in [2.75, 3.05) is 6.54 Å². The van der Waals surface area contributed by atoms with Crippen molar-refractivity contribution in [3.8, 4) is 0 Å². The molecule has 2 aromatic carbocycles. The maximum atomic E-state index is 12.7. The molecule has 1 heterocycles. The smallest absolute Gasteiger partial charge is 0.258 e. The summed E-state index contributed by atoms with van der Waals surface area (Å²) >= 11 is 0. The van der Waals surface area contributed by atoms with Crippen molar-refractivity contribution in [3.63, 3.8) is 0 Å². The lowest BCUT2D eigenvalue weighted by atomic mass is 10.1. The molecule has 23 heavy (non-hydrogen) atoms. The molecule has 0 spiro atoms. The van der Waals surface area contributed by atoms with E-state index in [2.05, 4.69) is 25.1 Å². The average Bonchev–Trinajstić information content (AvgIpc) is 2.85. The van der Waals surface area contributed by atoms with Gasteiger partial charge in [0.15, 0.2) is 0 Å². The monoisotopic (exact) mass is 305 g/mol. The summed E-state index contributed by atoms with van der Waals surface area (Å²) in [7, 11) is 0. The lowest BCUT2D eigenvalue weighted by Crippen LogP contribution is -2.24. The molecular formula is C21H23NO. The van der Waals surface area contributed by atoms with Gasteiger partial charge in [0, 0.05) is 17.7 Å². The number of amides is 1. The fraction of sp³-hybridized carbons (Fsp3) is 0.286. The van der Waals surface area contributed by atoms with Crippen molar-refractivity contribution < 1.29 is 4.79 Å². The van der Waals surface area contributed by atoms with E-state index < -0.39 is 0 Å². The lowest BCUT2D eigenvalue weighted by Gasteiger charge is -2.18. The Labute approximate surface area is 138 Å². The van der Waals surface area contributed by atoms with Crippen LogP contribution in [0.1, 0.15) is 54.1 Å². The molecule has 2 nitrogen and oxygen atoms in total. The van der Waals surface area contributed by atoms with E-state index in [9.17, 15) is 4.79 Å². The molecule has 2 heteroatoms. The summed E-state index contributed by atoms with van der Waals surface area (Å²) in [6, 6.07) is 18.2. The molecular weight excluding hydrogens is 282 g/mol. The van der Waals surface area contributed by atoms with Gasteiger partial charge in [-0.1, -0.05) is 74.7 Å². The lowest BCUT2D eigenvalue weighted by molar-refractivity contribution is 0.0849. The van der Waals surface area contributed by atoms with Gasteiger partial charge >= 0.3 is 0 Å². The molecule has 118 valence electrons. The van der Waals surface area contributed by atoms with Crippen LogP contribution in [0.4, 0.5) is 0 Å². The average molecular weight is 305 g/mol. The summed E-state index contributed by atoms with van der Waals surface area (Å²) in [4.78, 5) is 14.7. The van der Waals surface area contributed by atoms with Crippen LogP contribution in [-0.2, 0) is 0 Å². The Hall–Kier alpha value is -2.35. The molecule has 0 aliphatic carbocycles. The molecule has 1 aliphatic rings. The zero-order chi connectivity index (χ0) is 16.1. The number of hydrogen-bond donors (Lipinski definition) is 0. The van der Waals surface area contributed by atoms with Crippen LogP contribution in [0.25, 0.3) is 11.8 Å². The Bertz CT molecular complexity index is 703. The SMILES string of the molecule is CCCCCCN1C(=O)c2ccccc2C1=Cc1ccccc1. The van der Waals surface area contributed by atoms with Gasteiger partial charge in [-0.25, -0.2) is 0 Å². The van der Waals surface area contributed by atoms with Crippen LogP contribution in [0.2, 0.25) is 0 Å². The van der Waals surface area contributed by atoms with Gasteiger partial charge < -0.3 is 4.90 Å². The molecule has 0 unspecified atom stereocenters. The Morgan fingerprint density at radius 3 is 2.30 bits per heavy atom. The van der Waals surface area contributed by atoms with Crippen molar-refractivity contribution in [1.82, 2.24) is 4.90 Å². The van der Waals surface area contributed by atoms with Gasteiger partial charge in [0.25, 0.3) is 5.91 Å². The number of hydrogen-bond acceptors (Lipinski definition) is 1. The van der Waals surface area contributed by atoms with E-state index in [0.29, 0.717) is 0 Å². The van der Waals surface area contributed by atoms with E-state index in [0.717, 1.165) is 35.4 Å². The van der Waals surface area contributed by atoms with Gasteiger partial charge in [0.05, 0.1) is 5.70 Å². The van der Waals surface area contributed by atoms with Crippen molar-refractivity contribution >= 4 is 17.7 Å². The topological polar surface area (TPSA) is 20.3 Å². The van der Waals surface area contributed by atoms with E-state index in [4.69, 9.17) is 0 Å². The quantitative estimate of drug-likeness (QED) is 0.670. The van der Waals surface area contributed by atoms with Crippen LogP contribution in [0, 0.1) is 0 Å². The minimum absolute atomic E-state index is 0.138. The van der Waals surface area contributed by atoms with Crippen LogP contribution >= 0.6 is 0 Å². The number of rotatable bonds is 6. The molecule has 0 aromatic heterocycles. The first kappa shape index (κ1) is 15.5. The van der Waals surface area contributed by atoms with Crippen LogP contribution in [0.3, 0.4) is 0 Å². The maximum Gasteiger partial charge on any atom is 0.258 e. The van der Waals surface area contributed by atoms with Crippen molar-refractivity contribution in [2.45, 2.75) is 32.6 Å². The van der Waals surface area contributed by atoms with E-state index in [1.807, 2.05) is 47.4 Å². The van der Waals surface area contributed by atoms with Gasteiger partial charge in [-0.2, -0.15) is 0 Å². The minimum atomic E-state index is 0.138. The van der Waals surface area contributed by atoms with Gasteiger partial charge in [0.1, 0.15) is 0 Å². The summed E-state index contributed by atoms with van der Waals surface area (Å²) in [6.07, 6.45) is 6.80. The minimum Gasteiger partial charge on any atom is -0.308 e. The van der Waals surface area contributed by atoms with Crippen molar-refractivity contribution in [2.24, 2.45) is 0 Å². The molecule has 0 radical (unpaired) electrons. The number of carbonyl (C=O) groups is 1. The normalized spacial score (nSPS) is 15.3. The van der Waals surface area contributed by atoms with Crippen molar-refractivity contribution in [1.29, 1.82) is 0 Å².